The highest BCUT2D eigenvalue weighted by Crippen LogP contribution is 2.60. The van der Waals surface area contributed by atoms with Gasteiger partial charge in [-0.05, 0) is 35.2 Å². The monoisotopic (exact) mass is 304 g/mol. The third-order valence-corrected chi connectivity index (χ3v) is 6.15. The quantitative estimate of drug-likeness (QED) is 0.789. The highest BCUT2D eigenvalue weighted by molar-refractivity contribution is 7.10. The van der Waals surface area contributed by atoms with Crippen LogP contribution in [0.4, 0.5) is 0 Å². The summed E-state index contributed by atoms with van der Waals surface area (Å²) in [4.78, 5) is 2.34. The zero-order valence-electron chi connectivity index (χ0n) is 11.3. The van der Waals surface area contributed by atoms with E-state index in [9.17, 15) is 0 Å². The summed E-state index contributed by atoms with van der Waals surface area (Å²) in [5.41, 5.74) is -0.462. The van der Waals surface area contributed by atoms with Crippen molar-refractivity contribution in [3.05, 3.63) is 57.1 Å². The fourth-order valence-electron chi connectivity index (χ4n) is 3.39. The average Bonchev–Trinajstić information content (AvgIpc) is 3.12. The zero-order valence-corrected chi connectivity index (χ0v) is 12.9. The predicted octanol–water partition coefficient (Wildman–Crippen LogP) is 4.85. The van der Waals surface area contributed by atoms with Gasteiger partial charge in [0.2, 0.25) is 5.79 Å². The van der Waals surface area contributed by atoms with E-state index in [0.717, 1.165) is 23.5 Å². The molecule has 0 spiro atoms. The normalized spacial score (nSPS) is 36.0. The van der Waals surface area contributed by atoms with Crippen LogP contribution in [-0.2, 0) is 20.9 Å². The molecule has 4 heterocycles. The molecule has 2 aromatic heterocycles. The number of ether oxygens (including phenoxy) is 2. The minimum atomic E-state index is -0.632. The van der Waals surface area contributed by atoms with Gasteiger partial charge in [0.25, 0.3) is 0 Å². The van der Waals surface area contributed by atoms with E-state index in [1.165, 1.54) is 4.88 Å². The fourth-order valence-corrected chi connectivity index (χ4v) is 5.09. The first-order valence-electron chi connectivity index (χ1n) is 6.81. The highest BCUT2D eigenvalue weighted by Gasteiger charge is 2.61. The van der Waals surface area contributed by atoms with Gasteiger partial charge in [0.15, 0.2) is 5.60 Å². The zero-order chi connectivity index (χ0) is 13.8. The van der Waals surface area contributed by atoms with E-state index in [2.05, 4.69) is 48.5 Å². The van der Waals surface area contributed by atoms with Gasteiger partial charge >= 0.3 is 0 Å². The van der Waals surface area contributed by atoms with Gasteiger partial charge in [-0.25, -0.2) is 0 Å². The second-order valence-corrected chi connectivity index (χ2v) is 7.57. The molecule has 2 aromatic rings. The third kappa shape index (κ3) is 1.59. The molecule has 0 amide bonds. The summed E-state index contributed by atoms with van der Waals surface area (Å²) in [5.74, 6) is 0.664. The van der Waals surface area contributed by atoms with Gasteiger partial charge in [-0.3, -0.25) is 0 Å². The lowest BCUT2D eigenvalue weighted by Gasteiger charge is -2.38. The van der Waals surface area contributed by atoms with Gasteiger partial charge in [0, 0.05) is 11.3 Å². The van der Waals surface area contributed by atoms with E-state index in [0.29, 0.717) is 5.92 Å². The summed E-state index contributed by atoms with van der Waals surface area (Å²) in [7, 11) is 0. The van der Waals surface area contributed by atoms with Crippen LogP contribution in [0.15, 0.2) is 47.4 Å². The molecule has 0 aromatic carbocycles. The lowest BCUT2D eigenvalue weighted by molar-refractivity contribution is -0.231. The molecule has 0 N–H and O–H groups in total. The molecule has 2 aliphatic rings. The van der Waals surface area contributed by atoms with Crippen LogP contribution >= 0.6 is 22.7 Å². The Hall–Kier alpha value is -1.10. The Morgan fingerprint density at radius 1 is 1.15 bits per heavy atom. The van der Waals surface area contributed by atoms with Crippen molar-refractivity contribution in [1.82, 2.24) is 0 Å². The minimum Gasteiger partial charge on any atom is -0.459 e. The van der Waals surface area contributed by atoms with Crippen molar-refractivity contribution in [2.24, 2.45) is 5.92 Å². The molecule has 2 aliphatic heterocycles. The summed E-state index contributed by atoms with van der Waals surface area (Å²) in [6.07, 6.45) is 1.83. The van der Waals surface area contributed by atoms with Crippen molar-refractivity contribution in [1.29, 1.82) is 0 Å². The Bertz CT molecular complexity index is 632. The molecule has 0 radical (unpaired) electrons. The average molecular weight is 304 g/mol. The van der Waals surface area contributed by atoms with Gasteiger partial charge in [0.05, 0.1) is 4.88 Å². The second-order valence-electron chi connectivity index (χ2n) is 5.68. The Morgan fingerprint density at radius 2 is 1.85 bits per heavy atom. The smallest absolute Gasteiger partial charge is 0.247 e. The molecule has 2 nitrogen and oxygen atoms in total. The molecule has 4 rings (SSSR count). The van der Waals surface area contributed by atoms with Crippen molar-refractivity contribution in [3.8, 4) is 0 Å². The van der Waals surface area contributed by atoms with E-state index in [-0.39, 0.29) is 0 Å². The Labute approximate surface area is 126 Å². The molecule has 2 fully saturated rings. The molecule has 0 aliphatic carbocycles. The predicted molar refractivity (Wildman–Crippen MR) is 81.7 cm³/mol. The Morgan fingerprint density at radius 3 is 2.50 bits per heavy atom. The van der Waals surface area contributed by atoms with Gasteiger partial charge < -0.3 is 9.47 Å². The fraction of sp³-hybridized carbons (Fsp3) is 0.375. The van der Waals surface area contributed by atoms with Crippen LogP contribution in [0.5, 0.6) is 0 Å². The van der Waals surface area contributed by atoms with Crippen molar-refractivity contribution >= 4 is 22.7 Å². The lowest BCUT2D eigenvalue weighted by atomic mass is 9.83. The van der Waals surface area contributed by atoms with E-state index in [4.69, 9.17) is 9.47 Å². The van der Waals surface area contributed by atoms with Crippen molar-refractivity contribution in [2.75, 3.05) is 0 Å². The second kappa shape index (κ2) is 4.20. The minimum absolute atomic E-state index is 0.462. The van der Waals surface area contributed by atoms with Crippen LogP contribution in [0, 0.1) is 5.92 Å². The van der Waals surface area contributed by atoms with Crippen molar-refractivity contribution in [3.63, 3.8) is 0 Å². The van der Waals surface area contributed by atoms with Crippen molar-refractivity contribution < 1.29 is 9.47 Å². The number of fused-ring (bicyclic) bond motifs is 2. The number of hydrogen-bond acceptors (Lipinski definition) is 4. The van der Waals surface area contributed by atoms with Crippen LogP contribution in [0.2, 0.25) is 0 Å². The Kier molecular flexibility index (Phi) is 2.65. The van der Waals surface area contributed by atoms with Gasteiger partial charge in [0.1, 0.15) is 5.76 Å². The van der Waals surface area contributed by atoms with Crippen LogP contribution in [0.25, 0.3) is 0 Å². The SMILES string of the molecule is C=C1O[C@]2(c3cccs3)C[C@H](C)C[C@@]1(c1cccs1)O2. The summed E-state index contributed by atoms with van der Waals surface area (Å²) in [6, 6.07) is 8.34. The molecular formula is C16H16O2S2. The molecule has 20 heavy (non-hydrogen) atoms. The lowest BCUT2D eigenvalue weighted by Crippen LogP contribution is -2.40. The van der Waals surface area contributed by atoms with Crippen LogP contribution in [0.3, 0.4) is 0 Å². The van der Waals surface area contributed by atoms with E-state index in [1.807, 2.05) is 0 Å². The van der Waals surface area contributed by atoms with Gasteiger partial charge in [-0.1, -0.05) is 25.6 Å². The topological polar surface area (TPSA) is 18.5 Å². The van der Waals surface area contributed by atoms with E-state index < -0.39 is 11.4 Å². The molecule has 0 unspecified atom stereocenters. The molecule has 4 heteroatoms. The van der Waals surface area contributed by atoms with Gasteiger partial charge in [-0.2, -0.15) is 0 Å². The van der Waals surface area contributed by atoms with Crippen molar-refractivity contribution in [2.45, 2.75) is 31.2 Å². The summed E-state index contributed by atoms with van der Waals surface area (Å²) in [6.45, 7) is 6.45. The van der Waals surface area contributed by atoms with Crippen LogP contribution in [0.1, 0.15) is 29.5 Å². The number of rotatable bonds is 2. The summed E-state index contributed by atoms with van der Waals surface area (Å²) in [5, 5.41) is 4.16. The molecule has 2 bridgehead atoms. The van der Waals surface area contributed by atoms with Crippen LogP contribution in [-0.4, -0.2) is 0 Å². The maximum absolute atomic E-state index is 6.54. The molecule has 0 saturated carbocycles. The molecule has 2 saturated heterocycles. The maximum atomic E-state index is 6.54. The van der Waals surface area contributed by atoms with Crippen LogP contribution < -0.4 is 0 Å². The number of thiophene rings is 2. The molecular weight excluding hydrogens is 288 g/mol. The van der Waals surface area contributed by atoms with E-state index >= 15 is 0 Å². The summed E-state index contributed by atoms with van der Waals surface area (Å²) >= 11 is 3.41. The summed E-state index contributed by atoms with van der Waals surface area (Å²) < 4.78 is 12.8. The number of hydrogen-bond donors (Lipinski definition) is 0. The van der Waals surface area contributed by atoms with Gasteiger partial charge in [-0.15, -0.1) is 22.7 Å². The standard InChI is InChI=1S/C16H16O2S2/c1-11-9-15(13-5-3-7-19-13)12(2)17-16(10-11,18-15)14-6-4-8-20-14/h3-8,11H,2,9-10H2,1H3/t11-,15-,16-/m1/s1. The highest BCUT2D eigenvalue weighted by atomic mass is 32.1. The molecule has 104 valence electrons. The first-order valence-corrected chi connectivity index (χ1v) is 8.57. The van der Waals surface area contributed by atoms with E-state index in [1.54, 1.807) is 22.7 Å². The first-order chi connectivity index (χ1) is 9.65. The third-order valence-electron chi connectivity index (χ3n) is 4.15. The largest absolute Gasteiger partial charge is 0.459 e. The molecule has 3 atom stereocenters. The first kappa shape index (κ1) is 12.6. The Balaban J connectivity index is 1.85. The maximum Gasteiger partial charge on any atom is 0.247 e.